The maximum Gasteiger partial charge on any atom is 0.337 e. The number of allylic oxidation sites excluding steroid dienone is 4. The van der Waals surface area contributed by atoms with Crippen molar-refractivity contribution >= 4 is 29.0 Å². The zero-order valence-electron chi connectivity index (χ0n) is 19.1. The molecular formula is C25H21NO9. The highest BCUT2D eigenvalue weighted by molar-refractivity contribution is 6.31. The lowest BCUT2D eigenvalue weighted by Crippen LogP contribution is -2.40. The summed E-state index contributed by atoms with van der Waals surface area (Å²) < 4.78 is 5.70. The zero-order valence-corrected chi connectivity index (χ0v) is 19.1. The van der Waals surface area contributed by atoms with Gasteiger partial charge in [-0.3, -0.25) is 14.4 Å². The van der Waals surface area contributed by atoms with Crippen LogP contribution < -0.4 is 10.1 Å². The van der Waals surface area contributed by atoms with E-state index < -0.39 is 40.2 Å². The SMILES string of the molecule is CC(=O)c1c(O)c(C)c(O)c2c1OC1=CC(=O)/C(=C(\C)Nc3ccc(O)cc3C(=O)O)C(=O)[C@@]12C. The summed E-state index contributed by atoms with van der Waals surface area (Å²) in [7, 11) is 0. The number of ether oxygens (including phenoxy) is 1. The van der Waals surface area contributed by atoms with E-state index in [9.17, 15) is 39.6 Å². The van der Waals surface area contributed by atoms with Crippen LogP contribution in [0.1, 0.15) is 52.6 Å². The van der Waals surface area contributed by atoms with E-state index in [4.69, 9.17) is 4.74 Å². The highest BCUT2D eigenvalue weighted by atomic mass is 16.5. The fourth-order valence-corrected chi connectivity index (χ4v) is 4.45. The molecular weight excluding hydrogens is 458 g/mol. The van der Waals surface area contributed by atoms with E-state index >= 15 is 0 Å². The number of carbonyl (C=O) groups excluding carboxylic acids is 3. The van der Waals surface area contributed by atoms with Crippen LogP contribution in [0.5, 0.6) is 23.0 Å². The molecule has 0 fully saturated rings. The number of aromatic carboxylic acids is 1. The maximum atomic E-state index is 13.8. The largest absolute Gasteiger partial charge is 0.508 e. The van der Waals surface area contributed by atoms with Crippen LogP contribution >= 0.6 is 0 Å². The number of ketones is 3. The summed E-state index contributed by atoms with van der Waals surface area (Å²) in [6.45, 7) is 5.40. The van der Waals surface area contributed by atoms with E-state index in [1.165, 1.54) is 39.8 Å². The quantitative estimate of drug-likeness (QED) is 0.190. The number of benzene rings is 2. The Balaban J connectivity index is 1.91. The molecule has 0 saturated carbocycles. The van der Waals surface area contributed by atoms with Gasteiger partial charge in [-0.15, -0.1) is 0 Å². The molecule has 180 valence electrons. The third kappa shape index (κ3) is 3.25. The molecule has 0 radical (unpaired) electrons. The lowest BCUT2D eigenvalue weighted by Gasteiger charge is -2.29. The molecule has 2 aliphatic rings. The topological polar surface area (TPSA) is 170 Å². The van der Waals surface area contributed by atoms with Gasteiger partial charge in [0.15, 0.2) is 17.3 Å². The maximum absolute atomic E-state index is 13.8. The number of aromatic hydroxyl groups is 3. The fourth-order valence-electron chi connectivity index (χ4n) is 4.45. The van der Waals surface area contributed by atoms with Gasteiger partial charge in [0.2, 0.25) is 0 Å². The van der Waals surface area contributed by atoms with Gasteiger partial charge >= 0.3 is 5.97 Å². The van der Waals surface area contributed by atoms with Gasteiger partial charge in [-0.1, -0.05) is 0 Å². The first kappa shape index (κ1) is 23.6. The number of fused-ring (bicyclic) bond motifs is 3. The molecule has 10 heteroatoms. The van der Waals surface area contributed by atoms with Crippen molar-refractivity contribution in [3.8, 4) is 23.0 Å². The second-order valence-corrected chi connectivity index (χ2v) is 8.55. The Hall–Kier alpha value is -4.60. The Bertz CT molecular complexity index is 1450. The van der Waals surface area contributed by atoms with E-state index in [0.29, 0.717) is 0 Å². The van der Waals surface area contributed by atoms with Crippen LogP contribution in [0.25, 0.3) is 0 Å². The fraction of sp³-hybridized carbons (Fsp3) is 0.200. The summed E-state index contributed by atoms with van der Waals surface area (Å²) in [6, 6.07) is 3.55. The third-order valence-corrected chi connectivity index (χ3v) is 6.32. The molecule has 0 aromatic heterocycles. The third-order valence-electron chi connectivity index (χ3n) is 6.32. The molecule has 0 bridgehead atoms. The molecule has 1 aliphatic carbocycles. The molecule has 0 saturated heterocycles. The Labute approximate surface area is 198 Å². The number of hydrogen-bond acceptors (Lipinski definition) is 9. The predicted molar refractivity (Wildman–Crippen MR) is 122 cm³/mol. The normalized spacial score (nSPS) is 19.9. The Morgan fingerprint density at radius 3 is 2.31 bits per heavy atom. The minimum Gasteiger partial charge on any atom is -0.508 e. The van der Waals surface area contributed by atoms with Crippen molar-refractivity contribution in [3.63, 3.8) is 0 Å². The van der Waals surface area contributed by atoms with Gasteiger partial charge in [0.25, 0.3) is 0 Å². The molecule has 0 spiro atoms. The van der Waals surface area contributed by atoms with Gasteiger partial charge in [0, 0.05) is 17.3 Å². The average Bonchev–Trinajstić information content (AvgIpc) is 3.06. The number of phenols is 3. The van der Waals surface area contributed by atoms with Crippen LogP contribution in [0, 0.1) is 6.92 Å². The molecule has 5 N–H and O–H groups in total. The first-order chi connectivity index (χ1) is 16.3. The van der Waals surface area contributed by atoms with Gasteiger partial charge in [0.1, 0.15) is 39.7 Å². The second-order valence-electron chi connectivity index (χ2n) is 8.55. The number of carbonyl (C=O) groups is 4. The first-order valence-corrected chi connectivity index (χ1v) is 10.4. The van der Waals surface area contributed by atoms with E-state index in [1.807, 2.05) is 0 Å². The van der Waals surface area contributed by atoms with Crippen molar-refractivity contribution in [2.24, 2.45) is 0 Å². The van der Waals surface area contributed by atoms with E-state index in [-0.39, 0.29) is 56.5 Å². The van der Waals surface area contributed by atoms with Crippen LogP contribution in [-0.4, -0.2) is 43.7 Å². The van der Waals surface area contributed by atoms with Gasteiger partial charge in [0.05, 0.1) is 22.4 Å². The van der Waals surface area contributed by atoms with Crippen LogP contribution in [0.4, 0.5) is 5.69 Å². The lowest BCUT2D eigenvalue weighted by molar-refractivity contribution is -0.123. The lowest BCUT2D eigenvalue weighted by atomic mass is 9.70. The standard InChI is InChI=1S/C25H21NO9/c1-9-20(30)18(11(3)27)22-19(21(9)31)25(4)16(35-22)8-15(29)17(23(25)32)10(2)26-14-6-5-12(28)7-13(14)24(33)34/h5-8,26,28,30-31H,1-4H3,(H,33,34)/b17-10-/t25-/m0/s1. The predicted octanol–water partition coefficient (Wildman–Crippen LogP) is 3.08. The molecule has 1 aliphatic heterocycles. The summed E-state index contributed by atoms with van der Waals surface area (Å²) in [4.78, 5) is 50.6. The highest BCUT2D eigenvalue weighted by Gasteiger charge is 2.56. The van der Waals surface area contributed by atoms with Crippen molar-refractivity contribution in [3.05, 3.63) is 63.6 Å². The van der Waals surface area contributed by atoms with Crippen molar-refractivity contribution in [1.82, 2.24) is 0 Å². The monoisotopic (exact) mass is 479 g/mol. The summed E-state index contributed by atoms with van der Waals surface area (Å²) in [6.07, 6.45) is 1.06. The first-order valence-electron chi connectivity index (χ1n) is 10.4. The number of hydrogen-bond donors (Lipinski definition) is 5. The Morgan fingerprint density at radius 2 is 1.71 bits per heavy atom. The molecule has 2 aromatic rings. The van der Waals surface area contributed by atoms with Crippen LogP contribution in [0.15, 0.2) is 41.3 Å². The van der Waals surface area contributed by atoms with Crippen molar-refractivity contribution in [2.45, 2.75) is 33.1 Å². The smallest absolute Gasteiger partial charge is 0.337 e. The number of anilines is 1. The van der Waals surface area contributed by atoms with E-state index in [0.717, 1.165) is 12.1 Å². The summed E-state index contributed by atoms with van der Waals surface area (Å²) >= 11 is 0. The number of phenolic OH excluding ortho intramolecular Hbond substituents is 3. The van der Waals surface area contributed by atoms with Gasteiger partial charge in [-0.2, -0.15) is 0 Å². The Kier molecular flexibility index (Phi) is 5.20. The van der Waals surface area contributed by atoms with Crippen LogP contribution in [0.2, 0.25) is 0 Å². The number of carboxylic acids is 1. The number of rotatable bonds is 4. The Morgan fingerprint density at radius 1 is 1.06 bits per heavy atom. The molecule has 2 aromatic carbocycles. The highest BCUT2D eigenvalue weighted by Crippen LogP contribution is 2.57. The van der Waals surface area contributed by atoms with Crippen LogP contribution in [-0.2, 0) is 15.0 Å². The van der Waals surface area contributed by atoms with Crippen LogP contribution in [0.3, 0.4) is 0 Å². The summed E-state index contributed by atoms with van der Waals surface area (Å²) in [5, 5.41) is 43.1. The zero-order chi connectivity index (χ0) is 26.0. The molecule has 1 atom stereocenters. The molecule has 35 heavy (non-hydrogen) atoms. The molecule has 0 unspecified atom stereocenters. The number of carboxylic acid groups (broad SMARTS) is 1. The molecule has 10 nitrogen and oxygen atoms in total. The van der Waals surface area contributed by atoms with E-state index in [1.54, 1.807) is 0 Å². The van der Waals surface area contributed by atoms with Gasteiger partial charge < -0.3 is 30.5 Å². The van der Waals surface area contributed by atoms with Gasteiger partial charge in [-0.05, 0) is 45.9 Å². The average molecular weight is 479 g/mol. The summed E-state index contributed by atoms with van der Waals surface area (Å²) in [5.74, 6) is -4.93. The molecule has 1 heterocycles. The number of nitrogens with one attached hydrogen (secondary N) is 1. The molecule has 4 rings (SSSR count). The minimum atomic E-state index is -1.70. The second kappa shape index (κ2) is 7.73. The molecule has 0 amide bonds. The number of Topliss-reactive ketones (excluding diaryl/α,β-unsaturated/α-hetero) is 2. The van der Waals surface area contributed by atoms with Crippen molar-refractivity contribution < 1.29 is 44.3 Å². The van der Waals surface area contributed by atoms with Crippen molar-refractivity contribution in [1.29, 1.82) is 0 Å². The van der Waals surface area contributed by atoms with Gasteiger partial charge in [-0.25, -0.2) is 4.79 Å². The van der Waals surface area contributed by atoms with E-state index in [2.05, 4.69) is 5.32 Å². The minimum absolute atomic E-state index is 0.0275. The summed E-state index contributed by atoms with van der Waals surface area (Å²) in [5.41, 5.74) is -2.53. The van der Waals surface area contributed by atoms with Crippen molar-refractivity contribution in [2.75, 3.05) is 5.32 Å².